The Morgan fingerprint density at radius 2 is 2.06 bits per heavy atom. The molecule has 17 heavy (non-hydrogen) atoms. The van der Waals surface area contributed by atoms with Crippen LogP contribution in [0.15, 0.2) is 41.3 Å². The van der Waals surface area contributed by atoms with Gasteiger partial charge in [-0.3, -0.25) is 4.79 Å². The number of hydrogen-bond donors (Lipinski definition) is 1. The van der Waals surface area contributed by atoms with E-state index < -0.39 is 0 Å². The average molecular weight is 226 g/mol. The lowest BCUT2D eigenvalue weighted by Crippen LogP contribution is -2.05. The summed E-state index contributed by atoms with van der Waals surface area (Å²) in [7, 11) is 1.55. The minimum Gasteiger partial charge on any atom is -0.496 e. The minimum absolute atomic E-state index is 0.245. The number of aromatic amines is 1. The van der Waals surface area contributed by atoms with E-state index in [0.29, 0.717) is 16.9 Å². The van der Waals surface area contributed by atoms with Gasteiger partial charge in [-0.2, -0.15) is 5.26 Å². The summed E-state index contributed by atoms with van der Waals surface area (Å²) in [6, 6.07) is 10.7. The number of pyridine rings is 1. The average Bonchev–Trinajstić information content (AvgIpc) is 2.38. The molecule has 0 aliphatic carbocycles. The van der Waals surface area contributed by atoms with Gasteiger partial charge in [0.05, 0.1) is 12.7 Å². The summed E-state index contributed by atoms with van der Waals surface area (Å²) in [5.74, 6) is 0.634. The summed E-state index contributed by atoms with van der Waals surface area (Å²) in [6.07, 6.45) is 1.41. The first-order valence-corrected chi connectivity index (χ1v) is 5.02. The van der Waals surface area contributed by atoms with E-state index in [9.17, 15) is 4.79 Å². The van der Waals surface area contributed by atoms with Gasteiger partial charge >= 0.3 is 0 Å². The Balaban J connectivity index is 2.72. The third-order valence-electron chi connectivity index (χ3n) is 2.44. The molecule has 1 aromatic heterocycles. The third-order valence-corrected chi connectivity index (χ3v) is 2.44. The van der Waals surface area contributed by atoms with Gasteiger partial charge in [-0.05, 0) is 6.07 Å². The number of nitrogens with one attached hydrogen (secondary N) is 1. The van der Waals surface area contributed by atoms with Gasteiger partial charge in [-0.25, -0.2) is 0 Å². The molecule has 0 radical (unpaired) electrons. The van der Waals surface area contributed by atoms with Crippen LogP contribution in [0.3, 0.4) is 0 Å². The molecular weight excluding hydrogens is 216 g/mol. The lowest BCUT2D eigenvalue weighted by Gasteiger charge is -2.08. The van der Waals surface area contributed by atoms with Crippen molar-refractivity contribution in [2.75, 3.05) is 7.11 Å². The summed E-state index contributed by atoms with van der Waals surface area (Å²) >= 11 is 0. The smallest absolute Gasteiger partial charge is 0.248 e. The van der Waals surface area contributed by atoms with Crippen LogP contribution >= 0.6 is 0 Å². The Morgan fingerprint density at radius 1 is 1.29 bits per heavy atom. The van der Waals surface area contributed by atoms with E-state index in [4.69, 9.17) is 10.00 Å². The maximum Gasteiger partial charge on any atom is 0.248 e. The van der Waals surface area contributed by atoms with Crippen LogP contribution < -0.4 is 10.3 Å². The molecule has 84 valence electrons. The van der Waals surface area contributed by atoms with Gasteiger partial charge < -0.3 is 9.72 Å². The van der Waals surface area contributed by atoms with Crippen LogP contribution in [0.4, 0.5) is 0 Å². The van der Waals surface area contributed by atoms with Crippen molar-refractivity contribution in [2.24, 2.45) is 0 Å². The first-order chi connectivity index (χ1) is 8.26. The molecule has 1 N–H and O–H groups in total. The van der Waals surface area contributed by atoms with E-state index in [1.807, 2.05) is 24.3 Å². The van der Waals surface area contributed by atoms with Crippen LogP contribution in [-0.4, -0.2) is 12.1 Å². The maximum absolute atomic E-state index is 11.3. The quantitative estimate of drug-likeness (QED) is 0.850. The van der Waals surface area contributed by atoms with Crippen LogP contribution in [0.5, 0.6) is 5.75 Å². The Hall–Kier alpha value is -2.54. The molecule has 0 aliphatic rings. The van der Waals surface area contributed by atoms with Crippen molar-refractivity contribution in [3.63, 3.8) is 0 Å². The number of methoxy groups -OCH3 is 1. The molecule has 4 nitrogen and oxygen atoms in total. The van der Waals surface area contributed by atoms with E-state index in [1.54, 1.807) is 13.2 Å². The number of H-pyrrole nitrogens is 1. The summed E-state index contributed by atoms with van der Waals surface area (Å²) in [6.45, 7) is 0. The van der Waals surface area contributed by atoms with Crippen molar-refractivity contribution in [1.82, 2.24) is 4.98 Å². The summed E-state index contributed by atoms with van der Waals surface area (Å²) in [5.41, 5.74) is 1.48. The standard InChI is InChI=1S/C13H10N2O2/c1-17-12-5-3-2-4-10(12)11-6-13(16)15-8-9(11)7-14/h2-6,8H,1H3,(H,15,16). The van der Waals surface area contributed by atoms with E-state index in [0.717, 1.165) is 5.56 Å². The molecule has 0 saturated heterocycles. The number of rotatable bonds is 2. The molecule has 0 spiro atoms. The Bertz CT molecular complexity index is 638. The van der Waals surface area contributed by atoms with E-state index in [1.165, 1.54) is 12.3 Å². The fourth-order valence-electron chi connectivity index (χ4n) is 1.65. The van der Waals surface area contributed by atoms with Crippen molar-refractivity contribution < 1.29 is 4.74 Å². The molecular formula is C13H10N2O2. The second-order valence-corrected chi connectivity index (χ2v) is 3.44. The van der Waals surface area contributed by atoms with Gasteiger partial charge in [0.25, 0.3) is 0 Å². The van der Waals surface area contributed by atoms with Crippen LogP contribution in [0, 0.1) is 11.3 Å². The second kappa shape index (κ2) is 4.54. The van der Waals surface area contributed by atoms with Crippen molar-refractivity contribution in [1.29, 1.82) is 5.26 Å². The number of para-hydroxylation sites is 1. The normalized spacial score (nSPS) is 9.65. The topological polar surface area (TPSA) is 65.9 Å². The highest BCUT2D eigenvalue weighted by atomic mass is 16.5. The molecule has 4 heteroatoms. The lowest BCUT2D eigenvalue weighted by atomic mass is 10.0. The Morgan fingerprint density at radius 3 is 2.76 bits per heavy atom. The SMILES string of the molecule is COc1ccccc1-c1cc(=O)[nH]cc1C#N. The molecule has 0 saturated carbocycles. The molecule has 0 atom stereocenters. The fraction of sp³-hybridized carbons (Fsp3) is 0.0769. The minimum atomic E-state index is -0.245. The number of ether oxygens (including phenoxy) is 1. The van der Waals surface area contributed by atoms with Crippen molar-refractivity contribution in [3.05, 3.63) is 52.4 Å². The van der Waals surface area contributed by atoms with Crippen molar-refractivity contribution in [3.8, 4) is 22.9 Å². The number of benzene rings is 1. The van der Waals surface area contributed by atoms with Gasteiger partial charge in [0, 0.05) is 23.4 Å². The summed E-state index contributed by atoms with van der Waals surface area (Å²) in [5, 5.41) is 9.02. The Labute approximate surface area is 98.1 Å². The van der Waals surface area contributed by atoms with Crippen LogP contribution in [-0.2, 0) is 0 Å². The van der Waals surface area contributed by atoms with Crippen LogP contribution in [0.2, 0.25) is 0 Å². The van der Waals surface area contributed by atoms with Gasteiger partial charge in [0.1, 0.15) is 11.8 Å². The highest BCUT2D eigenvalue weighted by Gasteiger charge is 2.10. The molecule has 2 rings (SSSR count). The molecule has 1 aromatic carbocycles. The molecule has 1 heterocycles. The molecule has 0 amide bonds. The lowest BCUT2D eigenvalue weighted by molar-refractivity contribution is 0.416. The van der Waals surface area contributed by atoms with Gasteiger partial charge in [0.2, 0.25) is 5.56 Å². The first kappa shape index (κ1) is 11.0. The van der Waals surface area contributed by atoms with Gasteiger partial charge in [0.15, 0.2) is 0 Å². The summed E-state index contributed by atoms with van der Waals surface area (Å²) in [4.78, 5) is 13.8. The monoisotopic (exact) mass is 226 g/mol. The number of nitrogens with zero attached hydrogens (tertiary/aromatic N) is 1. The molecule has 0 unspecified atom stereocenters. The predicted octanol–water partition coefficient (Wildman–Crippen LogP) is 1.92. The highest BCUT2D eigenvalue weighted by Crippen LogP contribution is 2.30. The number of aromatic nitrogens is 1. The van der Waals surface area contributed by atoms with Crippen molar-refractivity contribution >= 4 is 0 Å². The maximum atomic E-state index is 11.3. The zero-order valence-electron chi connectivity index (χ0n) is 9.23. The Kier molecular flexibility index (Phi) is 2.93. The third kappa shape index (κ3) is 2.04. The zero-order chi connectivity index (χ0) is 12.3. The molecule has 0 bridgehead atoms. The van der Waals surface area contributed by atoms with Crippen molar-refractivity contribution in [2.45, 2.75) is 0 Å². The highest BCUT2D eigenvalue weighted by molar-refractivity contribution is 5.74. The second-order valence-electron chi connectivity index (χ2n) is 3.44. The van der Waals surface area contributed by atoms with Gasteiger partial charge in [-0.15, -0.1) is 0 Å². The number of nitriles is 1. The van der Waals surface area contributed by atoms with Crippen LogP contribution in [0.1, 0.15) is 5.56 Å². The predicted molar refractivity (Wildman–Crippen MR) is 63.8 cm³/mol. The van der Waals surface area contributed by atoms with E-state index in [-0.39, 0.29) is 5.56 Å². The van der Waals surface area contributed by atoms with Crippen LogP contribution in [0.25, 0.3) is 11.1 Å². The number of hydrogen-bond acceptors (Lipinski definition) is 3. The summed E-state index contributed by atoms with van der Waals surface area (Å²) < 4.78 is 5.22. The molecule has 0 aliphatic heterocycles. The van der Waals surface area contributed by atoms with Gasteiger partial charge in [-0.1, -0.05) is 18.2 Å². The molecule has 2 aromatic rings. The first-order valence-electron chi connectivity index (χ1n) is 5.02. The van der Waals surface area contributed by atoms with E-state index >= 15 is 0 Å². The molecule has 0 fully saturated rings. The van der Waals surface area contributed by atoms with E-state index in [2.05, 4.69) is 4.98 Å². The zero-order valence-corrected chi connectivity index (χ0v) is 9.23. The fourth-order valence-corrected chi connectivity index (χ4v) is 1.65. The largest absolute Gasteiger partial charge is 0.496 e.